The van der Waals surface area contributed by atoms with Gasteiger partial charge < -0.3 is 10.0 Å². The van der Waals surface area contributed by atoms with E-state index in [9.17, 15) is 5.11 Å². The highest BCUT2D eigenvalue weighted by molar-refractivity contribution is 5.69. The van der Waals surface area contributed by atoms with Gasteiger partial charge in [0.2, 0.25) is 0 Å². The van der Waals surface area contributed by atoms with Crippen molar-refractivity contribution in [1.82, 2.24) is 0 Å². The summed E-state index contributed by atoms with van der Waals surface area (Å²) < 4.78 is 0. The minimum Gasteiger partial charge on any atom is -0.388 e. The second-order valence-corrected chi connectivity index (χ2v) is 5.01. The van der Waals surface area contributed by atoms with Crippen LogP contribution in [-0.2, 0) is 0 Å². The first-order valence-corrected chi connectivity index (χ1v) is 7.29. The molecule has 0 saturated carbocycles. The first-order chi connectivity index (χ1) is 9.69. The van der Waals surface area contributed by atoms with Crippen LogP contribution in [0, 0.1) is 6.92 Å². The van der Waals surface area contributed by atoms with Gasteiger partial charge in [-0.25, -0.2) is 0 Å². The minimum absolute atomic E-state index is 0.413. The number of rotatable bonds is 5. The predicted molar refractivity (Wildman–Crippen MR) is 85.6 cm³/mol. The van der Waals surface area contributed by atoms with Gasteiger partial charge in [0.05, 0.1) is 6.10 Å². The van der Waals surface area contributed by atoms with Crippen molar-refractivity contribution in [2.75, 3.05) is 11.4 Å². The van der Waals surface area contributed by atoms with Crippen molar-refractivity contribution in [2.24, 2.45) is 0 Å². The first kappa shape index (κ1) is 14.6. The summed E-state index contributed by atoms with van der Waals surface area (Å²) in [6, 6.07) is 16.5. The lowest BCUT2D eigenvalue weighted by Crippen LogP contribution is -2.19. The Labute approximate surface area is 121 Å². The quantitative estimate of drug-likeness (QED) is 0.857. The van der Waals surface area contributed by atoms with Crippen LogP contribution in [0.25, 0.3) is 0 Å². The van der Waals surface area contributed by atoms with Gasteiger partial charge in [0.15, 0.2) is 0 Å². The van der Waals surface area contributed by atoms with Gasteiger partial charge in [0.25, 0.3) is 0 Å². The number of benzene rings is 2. The fourth-order valence-corrected chi connectivity index (χ4v) is 2.57. The average molecular weight is 269 g/mol. The van der Waals surface area contributed by atoms with E-state index in [1.54, 1.807) is 0 Å². The van der Waals surface area contributed by atoms with Crippen LogP contribution in [0.1, 0.15) is 37.5 Å². The van der Waals surface area contributed by atoms with E-state index in [-0.39, 0.29) is 0 Å². The Bertz CT molecular complexity index is 565. The molecule has 2 aromatic carbocycles. The molecule has 0 radical (unpaired) electrons. The lowest BCUT2D eigenvalue weighted by atomic mass is 10.0. The van der Waals surface area contributed by atoms with Crippen molar-refractivity contribution in [3.8, 4) is 0 Å². The third-order valence-electron chi connectivity index (χ3n) is 3.70. The molecule has 0 aliphatic rings. The minimum atomic E-state index is -0.413. The van der Waals surface area contributed by atoms with Crippen LogP contribution in [0.4, 0.5) is 11.4 Å². The SMILES string of the molecule is CC[C@H](O)c1ccccc1N(CC)c1ccccc1C. The molecule has 0 heterocycles. The molecule has 2 aromatic rings. The maximum Gasteiger partial charge on any atom is 0.0807 e. The van der Waals surface area contributed by atoms with Crippen molar-refractivity contribution in [1.29, 1.82) is 0 Å². The van der Waals surface area contributed by atoms with Crippen LogP contribution >= 0.6 is 0 Å². The molecule has 2 nitrogen and oxygen atoms in total. The zero-order chi connectivity index (χ0) is 14.5. The molecule has 0 spiro atoms. The Morgan fingerprint density at radius 2 is 1.55 bits per heavy atom. The van der Waals surface area contributed by atoms with E-state index in [2.05, 4.69) is 49.1 Å². The Morgan fingerprint density at radius 3 is 2.15 bits per heavy atom. The van der Waals surface area contributed by atoms with E-state index >= 15 is 0 Å². The molecule has 2 rings (SSSR count). The monoisotopic (exact) mass is 269 g/mol. The number of hydrogen-bond acceptors (Lipinski definition) is 2. The molecule has 1 atom stereocenters. The number of nitrogens with zero attached hydrogens (tertiary/aromatic N) is 1. The van der Waals surface area contributed by atoms with Crippen molar-refractivity contribution in [3.05, 3.63) is 59.7 Å². The zero-order valence-electron chi connectivity index (χ0n) is 12.5. The molecule has 0 saturated heterocycles. The number of hydrogen-bond donors (Lipinski definition) is 1. The molecule has 106 valence electrons. The molecule has 0 amide bonds. The lowest BCUT2D eigenvalue weighted by molar-refractivity contribution is 0.174. The van der Waals surface area contributed by atoms with Gasteiger partial charge in [-0.05, 0) is 38.0 Å². The standard InChI is InChI=1S/C18H23NO/c1-4-18(20)15-11-7-9-13-17(15)19(5-2)16-12-8-6-10-14(16)3/h6-13,18,20H,4-5H2,1-3H3/t18-/m0/s1. The molecule has 2 heteroatoms. The molecular formula is C18H23NO. The smallest absolute Gasteiger partial charge is 0.0807 e. The maximum atomic E-state index is 10.2. The van der Waals surface area contributed by atoms with Crippen LogP contribution in [0.15, 0.2) is 48.5 Å². The molecule has 0 aromatic heterocycles. The van der Waals surface area contributed by atoms with Crippen LogP contribution in [0.3, 0.4) is 0 Å². The predicted octanol–water partition coefficient (Wildman–Crippen LogP) is 4.60. The summed E-state index contributed by atoms with van der Waals surface area (Å²) in [4.78, 5) is 2.27. The summed E-state index contributed by atoms with van der Waals surface area (Å²) in [6.07, 6.45) is 0.312. The van der Waals surface area contributed by atoms with E-state index in [0.29, 0.717) is 0 Å². The second kappa shape index (κ2) is 6.58. The third-order valence-corrected chi connectivity index (χ3v) is 3.70. The van der Waals surface area contributed by atoms with Gasteiger partial charge in [-0.2, -0.15) is 0 Å². The van der Waals surface area contributed by atoms with E-state index in [4.69, 9.17) is 0 Å². The fraction of sp³-hybridized carbons (Fsp3) is 0.333. The van der Waals surface area contributed by atoms with Crippen LogP contribution < -0.4 is 4.90 Å². The number of aryl methyl sites for hydroxylation is 1. The highest BCUT2D eigenvalue weighted by Crippen LogP contribution is 2.34. The van der Waals surface area contributed by atoms with Crippen LogP contribution in [0.2, 0.25) is 0 Å². The number of aliphatic hydroxyl groups is 1. The average Bonchev–Trinajstić information content (AvgIpc) is 2.49. The Balaban J connectivity index is 2.50. The van der Waals surface area contributed by atoms with Gasteiger partial charge in [0.1, 0.15) is 0 Å². The molecule has 1 N–H and O–H groups in total. The number of anilines is 2. The summed E-state index contributed by atoms with van der Waals surface area (Å²) in [5.41, 5.74) is 4.54. The van der Waals surface area contributed by atoms with Crippen molar-refractivity contribution >= 4 is 11.4 Å². The van der Waals surface area contributed by atoms with E-state index < -0.39 is 6.10 Å². The van der Waals surface area contributed by atoms with Crippen molar-refractivity contribution in [3.63, 3.8) is 0 Å². The first-order valence-electron chi connectivity index (χ1n) is 7.29. The molecule has 0 bridgehead atoms. The normalized spacial score (nSPS) is 12.2. The summed E-state index contributed by atoms with van der Waals surface area (Å²) >= 11 is 0. The second-order valence-electron chi connectivity index (χ2n) is 5.01. The molecule has 0 unspecified atom stereocenters. The third kappa shape index (κ3) is 2.86. The highest BCUT2D eigenvalue weighted by Gasteiger charge is 2.16. The summed E-state index contributed by atoms with van der Waals surface area (Å²) in [5, 5.41) is 10.2. The van der Waals surface area contributed by atoms with Gasteiger partial charge in [0, 0.05) is 23.5 Å². The summed E-state index contributed by atoms with van der Waals surface area (Å²) in [6.45, 7) is 7.14. The Kier molecular flexibility index (Phi) is 4.80. The lowest BCUT2D eigenvalue weighted by Gasteiger charge is -2.28. The maximum absolute atomic E-state index is 10.2. The van der Waals surface area contributed by atoms with E-state index in [1.165, 1.54) is 11.3 Å². The summed E-state index contributed by atoms with van der Waals surface area (Å²) in [7, 11) is 0. The van der Waals surface area contributed by atoms with E-state index in [1.807, 2.05) is 25.1 Å². The summed E-state index contributed by atoms with van der Waals surface area (Å²) in [5.74, 6) is 0. The molecule has 20 heavy (non-hydrogen) atoms. The topological polar surface area (TPSA) is 23.5 Å². The van der Waals surface area contributed by atoms with Crippen LogP contribution in [0.5, 0.6) is 0 Å². The number of aliphatic hydroxyl groups excluding tert-OH is 1. The van der Waals surface area contributed by atoms with Crippen molar-refractivity contribution in [2.45, 2.75) is 33.3 Å². The molecule has 0 aliphatic carbocycles. The van der Waals surface area contributed by atoms with E-state index in [0.717, 1.165) is 24.2 Å². The van der Waals surface area contributed by atoms with Crippen molar-refractivity contribution < 1.29 is 5.11 Å². The Hall–Kier alpha value is -1.80. The molecule has 0 aliphatic heterocycles. The Morgan fingerprint density at radius 1 is 0.950 bits per heavy atom. The largest absolute Gasteiger partial charge is 0.388 e. The van der Waals surface area contributed by atoms with Crippen LogP contribution in [-0.4, -0.2) is 11.7 Å². The van der Waals surface area contributed by atoms with Gasteiger partial charge in [-0.1, -0.05) is 43.3 Å². The zero-order valence-corrected chi connectivity index (χ0v) is 12.5. The van der Waals surface area contributed by atoms with Gasteiger partial charge >= 0.3 is 0 Å². The molecular weight excluding hydrogens is 246 g/mol. The fourth-order valence-electron chi connectivity index (χ4n) is 2.57. The molecule has 0 fully saturated rings. The van der Waals surface area contributed by atoms with Gasteiger partial charge in [-0.15, -0.1) is 0 Å². The highest BCUT2D eigenvalue weighted by atomic mass is 16.3. The number of para-hydroxylation sites is 2. The van der Waals surface area contributed by atoms with Gasteiger partial charge in [-0.3, -0.25) is 0 Å².